The van der Waals surface area contributed by atoms with Crippen molar-refractivity contribution in [1.29, 1.82) is 0 Å². The van der Waals surface area contributed by atoms with Crippen LogP contribution in [0.4, 0.5) is 13.2 Å². The molecule has 8 nitrogen and oxygen atoms in total. The van der Waals surface area contributed by atoms with Gasteiger partial charge in [-0.15, -0.1) is 0 Å². The Labute approximate surface area is 157 Å². The first-order valence-electron chi connectivity index (χ1n) is 8.82. The van der Waals surface area contributed by atoms with Crippen LogP contribution in [0.1, 0.15) is 23.3 Å². The van der Waals surface area contributed by atoms with E-state index in [-0.39, 0.29) is 30.7 Å². The van der Waals surface area contributed by atoms with Gasteiger partial charge in [0.25, 0.3) is 5.91 Å². The molecular weight excluding hydrogens is 375 g/mol. The SMILES string of the molecule is O=C(NC1CCN(CC(F)(F)F)CC1)c1nc(-n2ccnc2)nc2cc[nH]c12. The second-order valence-corrected chi connectivity index (χ2v) is 6.72. The van der Waals surface area contributed by atoms with Crippen molar-refractivity contribution in [3.63, 3.8) is 0 Å². The molecular formula is C17H18F3N7O. The molecule has 0 aliphatic carbocycles. The minimum absolute atomic E-state index is 0.191. The van der Waals surface area contributed by atoms with Crippen molar-refractivity contribution < 1.29 is 18.0 Å². The summed E-state index contributed by atoms with van der Waals surface area (Å²) in [5, 5.41) is 2.89. The Morgan fingerprint density at radius 2 is 2.07 bits per heavy atom. The molecule has 0 unspecified atom stereocenters. The Hall–Kier alpha value is -2.95. The molecule has 1 amide bonds. The number of fused-ring (bicyclic) bond motifs is 1. The quantitative estimate of drug-likeness (QED) is 0.707. The average Bonchev–Trinajstić information content (AvgIpc) is 3.32. The van der Waals surface area contributed by atoms with Crippen molar-refractivity contribution in [2.45, 2.75) is 25.1 Å². The first kappa shape index (κ1) is 18.4. The molecule has 2 N–H and O–H groups in total. The van der Waals surface area contributed by atoms with Crippen molar-refractivity contribution >= 4 is 16.9 Å². The third-order valence-electron chi connectivity index (χ3n) is 4.67. The fraction of sp³-hybridized carbons (Fsp3) is 0.412. The molecule has 4 rings (SSSR count). The number of hydrogen-bond acceptors (Lipinski definition) is 5. The van der Waals surface area contributed by atoms with Gasteiger partial charge < -0.3 is 10.3 Å². The number of nitrogens with one attached hydrogen (secondary N) is 2. The second kappa shape index (κ2) is 7.23. The highest BCUT2D eigenvalue weighted by Crippen LogP contribution is 2.21. The van der Waals surface area contributed by atoms with Crippen LogP contribution < -0.4 is 5.32 Å². The molecule has 4 heterocycles. The van der Waals surface area contributed by atoms with Gasteiger partial charge in [-0.05, 0) is 18.9 Å². The van der Waals surface area contributed by atoms with Gasteiger partial charge in [0.2, 0.25) is 5.95 Å². The van der Waals surface area contributed by atoms with Gasteiger partial charge in [0.1, 0.15) is 6.33 Å². The number of halogens is 3. The number of rotatable bonds is 4. The van der Waals surface area contributed by atoms with Crippen molar-refractivity contribution in [2.75, 3.05) is 19.6 Å². The predicted molar refractivity (Wildman–Crippen MR) is 94.0 cm³/mol. The van der Waals surface area contributed by atoms with Gasteiger partial charge in [-0.2, -0.15) is 13.2 Å². The number of aromatic nitrogens is 5. The lowest BCUT2D eigenvalue weighted by Gasteiger charge is -2.32. The molecule has 0 aromatic carbocycles. The molecule has 1 aliphatic heterocycles. The number of carbonyl (C=O) groups is 1. The molecule has 1 saturated heterocycles. The molecule has 11 heteroatoms. The van der Waals surface area contributed by atoms with Crippen molar-refractivity contribution in [3.05, 3.63) is 36.7 Å². The van der Waals surface area contributed by atoms with E-state index in [1.54, 1.807) is 29.2 Å². The van der Waals surface area contributed by atoms with Gasteiger partial charge in [0.05, 0.1) is 17.6 Å². The highest BCUT2D eigenvalue weighted by atomic mass is 19.4. The van der Waals surface area contributed by atoms with E-state index in [2.05, 4.69) is 25.3 Å². The first-order valence-corrected chi connectivity index (χ1v) is 8.82. The maximum Gasteiger partial charge on any atom is 0.401 e. The van der Waals surface area contributed by atoms with E-state index in [4.69, 9.17) is 0 Å². The van der Waals surface area contributed by atoms with Gasteiger partial charge >= 0.3 is 6.18 Å². The van der Waals surface area contributed by atoms with E-state index in [0.29, 0.717) is 29.8 Å². The molecule has 28 heavy (non-hydrogen) atoms. The van der Waals surface area contributed by atoms with Crippen LogP contribution in [0, 0.1) is 0 Å². The molecule has 0 spiro atoms. The summed E-state index contributed by atoms with van der Waals surface area (Å²) < 4.78 is 39.1. The van der Waals surface area contributed by atoms with Crippen molar-refractivity contribution in [3.8, 4) is 5.95 Å². The summed E-state index contributed by atoms with van der Waals surface area (Å²) in [6.45, 7) is -0.351. The Kier molecular flexibility index (Phi) is 4.75. The van der Waals surface area contributed by atoms with Crippen LogP contribution in [0.5, 0.6) is 0 Å². The van der Waals surface area contributed by atoms with E-state index < -0.39 is 12.7 Å². The number of alkyl halides is 3. The molecule has 0 atom stereocenters. The van der Waals surface area contributed by atoms with E-state index in [1.807, 2.05) is 0 Å². The Morgan fingerprint density at radius 1 is 1.29 bits per heavy atom. The fourth-order valence-corrected chi connectivity index (χ4v) is 3.33. The molecule has 3 aromatic heterocycles. The van der Waals surface area contributed by atoms with Crippen molar-refractivity contribution in [1.82, 2.24) is 34.7 Å². The molecule has 1 aliphatic rings. The normalized spacial score (nSPS) is 16.5. The minimum atomic E-state index is -4.21. The minimum Gasteiger partial charge on any atom is -0.358 e. The van der Waals surface area contributed by atoms with Gasteiger partial charge in [-0.3, -0.25) is 14.3 Å². The highest BCUT2D eigenvalue weighted by molar-refractivity contribution is 6.03. The lowest BCUT2D eigenvalue weighted by Crippen LogP contribution is -2.47. The summed E-state index contributed by atoms with van der Waals surface area (Å²) in [6, 6.07) is 1.54. The van der Waals surface area contributed by atoms with E-state index in [0.717, 1.165) is 0 Å². The molecule has 0 radical (unpaired) electrons. The van der Waals surface area contributed by atoms with Gasteiger partial charge in [-0.25, -0.2) is 15.0 Å². The molecule has 1 fully saturated rings. The maximum atomic E-state index is 12.8. The fourth-order valence-electron chi connectivity index (χ4n) is 3.33. The largest absolute Gasteiger partial charge is 0.401 e. The van der Waals surface area contributed by atoms with Crippen LogP contribution in [-0.4, -0.2) is 67.2 Å². The van der Waals surface area contributed by atoms with Gasteiger partial charge in [0.15, 0.2) is 5.69 Å². The monoisotopic (exact) mass is 393 g/mol. The smallest absolute Gasteiger partial charge is 0.358 e. The summed E-state index contributed by atoms with van der Waals surface area (Å²) in [6.07, 6.45) is 3.16. The zero-order chi connectivity index (χ0) is 19.7. The summed E-state index contributed by atoms with van der Waals surface area (Å²) in [5.74, 6) is -0.0692. The number of amides is 1. The van der Waals surface area contributed by atoms with Crippen LogP contribution in [-0.2, 0) is 0 Å². The third kappa shape index (κ3) is 3.98. The predicted octanol–water partition coefficient (Wildman–Crippen LogP) is 1.90. The molecule has 0 saturated carbocycles. The van der Waals surface area contributed by atoms with Gasteiger partial charge in [-0.1, -0.05) is 0 Å². The maximum absolute atomic E-state index is 12.8. The lowest BCUT2D eigenvalue weighted by atomic mass is 10.0. The number of likely N-dealkylation sites (tertiary alicyclic amines) is 1. The number of hydrogen-bond donors (Lipinski definition) is 2. The van der Waals surface area contributed by atoms with E-state index >= 15 is 0 Å². The summed E-state index contributed by atoms with van der Waals surface area (Å²) >= 11 is 0. The summed E-state index contributed by atoms with van der Waals surface area (Å²) in [7, 11) is 0. The number of nitrogens with zero attached hydrogens (tertiary/aromatic N) is 5. The number of imidazole rings is 1. The zero-order valence-electron chi connectivity index (χ0n) is 14.8. The Bertz CT molecular complexity index is 959. The lowest BCUT2D eigenvalue weighted by molar-refractivity contribution is -0.148. The number of H-pyrrole nitrogens is 1. The van der Waals surface area contributed by atoms with E-state index in [9.17, 15) is 18.0 Å². The summed E-state index contributed by atoms with van der Waals surface area (Å²) in [4.78, 5) is 29.8. The average molecular weight is 393 g/mol. The first-order chi connectivity index (χ1) is 13.4. The second-order valence-electron chi connectivity index (χ2n) is 6.72. The van der Waals surface area contributed by atoms with Crippen LogP contribution in [0.2, 0.25) is 0 Å². The topological polar surface area (TPSA) is 91.7 Å². The molecule has 0 bridgehead atoms. The molecule has 3 aromatic rings. The van der Waals surface area contributed by atoms with Crippen molar-refractivity contribution in [2.24, 2.45) is 0 Å². The number of piperidine rings is 1. The Balaban J connectivity index is 1.48. The van der Waals surface area contributed by atoms with Crippen LogP contribution in [0.15, 0.2) is 31.0 Å². The highest BCUT2D eigenvalue weighted by Gasteiger charge is 2.33. The van der Waals surface area contributed by atoms with Crippen LogP contribution in [0.3, 0.4) is 0 Å². The Morgan fingerprint density at radius 3 is 2.75 bits per heavy atom. The number of carbonyl (C=O) groups excluding carboxylic acids is 1. The van der Waals surface area contributed by atoms with Crippen LogP contribution in [0.25, 0.3) is 17.0 Å². The van der Waals surface area contributed by atoms with Gasteiger partial charge in [0, 0.05) is 37.7 Å². The van der Waals surface area contributed by atoms with E-state index in [1.165, 1.54) is 11.2 Å². The zero-order valence-corrected chi connectivity index (χ0v) is 14.8. The molecule has 148 valence electrons. The van der Waals surface area contributed by atoms with Crippen LogP contribution >= 0.6 is 0 Å². The summed E-state index contributed by atoms with van der Waals surface area (Å²) in [5.41, 5.74) is 1.29. The standard InChI is InChI=1S/C17H18F3N7O/c18-17(19,20)9-26-6-2-11(3-7-26)23-15(28)14-13-12(1-4-22-13)24-16(25-14)27-8-5-21-10-27/h1,4-5,8,10-11,22H,2-3,6-7,9H2,(H,23,28). The third-order valence-corrected chi connectivity index (χ3v) is 4.67. The number of aromatic amines is 1.